The summed E-state index contributed by atoms with van der Waals surface area (Å²) < 4.78 is 1.81. The van der Waals surface area contributed by atoms with Crippen LogP contribution in [0.4, 0.5) is 0 Å². The molecule has 1 atom stereocenters. The summed E-state index contributed by atoms with van der Waals surface area (Å²) in [7, 11) is 1.78. The van der Waals surface area contributed by atoms with Crippen LogP contribution in [0, 0.1) is 0 Å². The highest BCUT2D eigenvalue weighted by Gasteiger charge is 2.22. The molecular weight excluding hydrogens is 385 g/mol. The van der Waals surface area contributed by atoms with E-state index in [1.807, 2.05) is 54.9 Å². The summed E-state index contributed by atoms with van der Waals surface area (Å²) in [5.74, 6) is -0.0711. The first-order valence-corrected chi connectivity index (χ1v) is 8.46. The summed E-state index contributed by atoms with van der Waals surface area (Å²) in [6, 6.07) is 11.7. The Hall–Kier alpha value is -2.15. The Kier molecular flexibility index (Phi) is 8.21. The van der Waals surface area contributed by atoms with Crippen LogP contribution < -0.4 is 5.73 Å². The van der Waals surface area contributed by atoms with E-state index >= 15 is 0 Å². The molecule has 1 amide bonds. The minimum absolute atomic E-state index is 0. The lowest BCUT2D eigenvalue weighted by Gasteiger charge is -2.24. The fourth-order valence-corrected chi connectivity index (χ4v) is 2.76. The van der Waals surface area contributed by atoms with Gasteiger partial charge >= 0.3 is 0 Å². The van der Waals surface area contributed by atoms with E-state index in [0.717, 1.165) is 22.3 Å². The molecule has 0 saturated heterocycles. The minimum Gasteiger partial charge on any atom is -0.338 e. The molecule has 2 N–H and O–H groups in total. The molecule has 1 aromatic carbocycles. The quantitative estimate of drug-likeness (QED) is 0.700. The number of nitrogens with two attached hydrogens (primary N) is 1. The maximum Gasteiger partial charge on any atom is 0.254 e. The molecule has 0 aliphatic rings. The topological polar surface area (TPSA) is 77.0 Å². The number of fused-ring (bicyclic) bond motifs is 1. The molecular formula is C19H25Cl2N5O. The molecule has 3 rings (SSSR count). The summed E-state index contributed by atoms with van der Waals surface area (Å²) in [5, 5.41) is 5.14. The lowest BCUT2D eigenvalue weighted by atomic mass is 10.1. The fraction of sp³-hybridized carbons (Fsp3) is 0.316. The van der Waals surface area contributed by atoms with Crippen molar-refractivity contribution in [1.29, 1.82) is 0 Å². The van der Waals surface area contributed by atoms with Crippen molar-refractivity contribution in [3.8, 4) is 11.3 Å². The molecule has 146 valence electrons. The average molecular weight is 410 g/mol. The molecule has 8 heteroatoms. The van der Waals surface area contributed by atoms with Crippen LogP contribution in [0.1, 0.15) is 24.2 Å². The van der Waals surface area contributed by atoms with E-state index in [0.29, 0.717) is 18.7 Å². The van der Waals surface area contributed by atoms with E-state index in [9.17, 15) is 4.79 Å². The molecule has 2 aromatic heterocycles. The van der Waals surface area contributed by atoms with Crippen molar-refractivity contribution in [3.63, 3.8) is 0 Å². The van der Waals surface area contributed by atoms with E-state index in [2.05, 4.69) is 5.10 Å². The van der Waals surface area contributed by atoms with Crippen LogP contribution in [-0.2, 0) is 6.54 Å². The molecule has 27 heavy (non-hydrogen) atoms. The average Bonchev–Trinajstić information content (AvgIpc) is 3.09. The highest BCUT2D eigenvalue weighted by molar-refractivity contribution is 6.06. The van der Waals surface area contributed by atoms with Gasteiger partial charge in [-0.05, 0) is 19.9 Å². The predicted molar refractivity (Wildman–Crippen MR) is 114 cm³/mol. The molecule has 6 nitrogen and oxygen atoms in total. The summed E-state index contributed by atoms with van der Waals surface area (Å²) >= 11 is 0. The number of likely N-dealkylation sites (N-methyl/N-ethyl adjacent to an activating group) is 1. The number of nitrogens with zero attached hydrogens (tertiary/aromatic N) is 4. The molecule has 0 radical (unpaired) electrons. The number of pyridine rings is 1. The van der Waals surface area contributed by atoms with Crippen LogP contribution in [0.25, 0.3) is 22.3 Å². The predicted octanol–water partition coefficient (Wildman–Crippen LogP) is 3.38. The number of rotatable bonds is 5. The summed E-state index contributed by atoms with van der Waals surface area (Å²) in [4.78, 5) is 19.5. The highest BCUT2D eigenvalue weighted by atomic mass is 35.5. The molecule has 2 heterocycles. The standard InChI is InChI=1S/C19H23N5O.2ClH/c1-4-24-18-16(12-21-24)15(19(25)23(3)13(2)11-20)10-17(22-18)14-8-6-5-7-9-14;;/h5-10,12-13H,4,11,20H2,1-3H3;2*1H. The van der Waals surface area contributed by atoms with Gasteiger partial charge in [-0.15, -0.1) is 24.8 Å². The first-order valence-electron chi connectivity index (χ1n) is 8.46. The van der Waals surface area contributed by atoms with Crippen LogP contribution >= 0.6 is 24.8 Å². The van der Waals surface area contributed by atoms with Gasteiger partial charge in [0.2, 0.25) is 0 Å². The lowest BCUT2D eigenvalue weighted by molar-refractivity contribution is 0.0750. The maximum atomic E-state index is 13.0. The van der Waals surface area contributed by atoms with Crippen molar-refractivity contribution in [2.75, 3.05) is 13.6 Å². The largest absolute Gasteiger partial charge is 0.338 e. The summed E-state index contributed by atoms with van der Waals surface area (Å²) in [5.41, 5.74) is 8.79. The van der Waals surface area contributed by atoms with Gasteiger partial charge in [0.1, 0.15) is 0 Å². The van der Waals surface area contributed by atoms with Crippen molar-refractivity contribution >= 4 is 41.8 Å². The molecule has 0 saturated carbocycles. The number of halogens is 2. The molecule has 0 bridgehead atoms. The van der Waals surface area contributed by atoms with Gasteiger partial charge in [-0.25, -0.2) is 9.67 Å². The van der Waals surface area contributed by atoms with Crippen LogP contribution in [-0.4, -0.2) is 45.2 Å². The zero-order chi connectivity index (χ0) is 18.0. The SMILES string of the molecule is CCn1ncc2c(C(=O)N(C)C(C)CN)cc(-c3ccccc3)nc21.Cl.Cl. The van der Waals surface area contributed by atoms with Gasteiger partial charge in [0.25, 0.3) is 5.91 Å². The van der Waals surface area contributed by atoms with Crippen molar-refractivity contribution in [3.05, 3.63) is 48.2 Å². The van der Waals surface area contributed by atoms with Crippen LogP contribution in [0.5, 0.6) is 0 Å². The van der Waals surface area contributed by atoms with Crippen molar-refractivity contribution in [2.24, 2.45) is 5.73 Å². The third-order valence-corrected chi connectivity index (χ3v) is 4.53. The monoisotopic (exact) mass is 409 g/mol. The number of amides is 1. The lowest BCUT2D eigenvalue weighted by Crippen LogP contribution is -2.39. The van der Waals surface area contributed by atoms with Gasteiger partial charge in [0.05, 0.1) is 22.8 Å². The summed E-state index contributed by atoms with van der Waals surface area (Å²) in [6.07, 6.45) is 1.72. The van der Waals surface area contributed by atoms with E-state index in [4.69, 9.17) is 10.7 Å². The summed E-state index contributed by atoms with van der Waals surface area (Å²) in [6.45, 7) is 5.05. The number of aromatic nitrogens is 3. The third-order valence-electron chi connectivity index (χ3n) is 4.53. The van der Waals surface area contributed by atoms with Crippen molar-refractivity contribution in [2.45, 2.75) is 26.4 Å². The second-order valence-corrected chi connectivity index (χ2v) is 6.12. The molecule has 0 aliphatic carbocycles. The number of hydrogen-bond acceptors (Lipinski definition) is 4. The number of carbonyl (C=O) groups excluding carboxylic acids is 1. The van der Waals surface area contributed by atoms with Crippen LogP contribution in [0.2, 0.25) is 0 Å². The van der Waals surface area contributed by atoms with Gasteiger partial charge < -0.3 is 10.6 Å². The first-order chi connectivity index (χ1) is 12.1. The molecule has 0 aliphatic heterocycles. The second-order valence-electron chi connectivity index (χ2n) is 6.12. The zero-order valence-corrected chi connectivity index (χ0v) is 17.3. The van der Waals surface area contributed by atoms with Crippen LogP contribution in [0.3, 0.4) is 0 Å². The maximum absolute atomic E-state index is 13.0. The Bertz CT molecular complexity index is 898. The molecule has 1 unspecified atom stereocenters. The fourth-order valence-electron chi connectivity index (χ4n) is 2.76. The van der Waals surface area contributed by atoms with Gasteiger partial charge in [0.15, 0.2) is 5.65 Å². The number of benzene rings is 1. The Morgan fingerprint density at radius 1 is 1.26 bits per heavy atom. The minimum atomic E-state index is -0.0711. The molecule has 3 aromatic rings. The van der Waals surface area contributed by atoms with E-state index in [1.54, 1.807) is 18.1 Å². The Morgan fingerprint density at radius 3 is 2.52 bits per heavy atom. The molecule has 0 spiro atoms. The van der Waals surface area contributed by atoms with Crippen LogP contribution in [0.15, 0.2) is 42.6 Å². The normalized spacial score (nSPS) is 11.4. The van der Waals surface area contributed by atoms with Gasteiger partial charge in [-0.1, -0.05) is 30.3 Å². The Morgan fingerprint density at radius 2 is 1.93 bits per heavy atom. The van der Waals surface area contributed by atoms with Gasteiger partial charge in [-0.3, -0.25) is 4.79 Å². The zero-order valence-electron chi connectivity index (χ0n) is 15.6. The smallest absolute Gasteiger partial charge is 0.254 e. The van der Waals surface area contributed by atoms with Crippen molar-refractivity contribution < 1.29 is 4.79 Å². The number of hydrogen-bond donors (Lipinski definition) is 1. The van der Waals surface area contributed by atoms with Gasteiger partial charge in [-0.2, -0.15) is 5.10 Å². The number of carbonyl (C=O) groups is 1. The highest BCUT2D eigenvalue weighted by Crippen LogP contribution is 2.26. The van der Waals surface area contributed by atoms with Gasteiger partial charge in [0, 0.05) is 31.7 Å². The van der Waals surface area contributed by atoms with Crippen molar-refractivity contribution in [1.82, 2.24) is 19.7 Å². The van der Waals surface area contributed by atoms with E-state index in [1.165, 1.54) is 0 Å². The van der Waals surface area contributed by atoms with E-state index in [-0.39, 0.29) is 36.8 Å². The number of aryl methyl sites for hydroxylation is 1. The third kappa shape index (κ3) is 4.40. The molecule has 0 fully saturated rings. The Balaban J connectivity index is 0.00000182. The van der Waals surface area contributed by atoms with E-state index < -0.39 is 0 Å². The second kappa shape index (κ2) is 9.69. The Labute approximate surface area is 171 Å². The first kappa shape index (κ1) is 22.9.